The van der Waals surface area contributed by atoms with Crippen molar-refractivity contribution in [3.63, 3.8) is 0 Å². The zero-order chi connectivity index (χ0) is 27.1. The molecule has 7 nitrogen and oxygen atoms in total. The van der Waals surface area contributed by atoms with Crippen molar-refractivity contribution < 1.29 is 23.9 Å². The highest BCUT2D eigenvalue weighted by atomic mass is 28.4. The van der Waals surface area contributed by atoms with Crippen molar-refractivity contribution in [3.05, 3.63) is 96.1 Å². The summed E-state index contributed by atoms with van der Waals surface area (Å²) in [6.45, 7) is 6.49. The highest BCUT2D eigenvalue weighted by Gasteiger charge is 2.55. The van der Waals surface area contributed by atoms with Gasteiger partial charge in [0.2, 0.25) is 0 Å². The lowest BCUT2D eigenvalue weighted by Gasteiger charge is -2.45. The molecule has 3 aromatic carbocycles. The Balaban J connectivity index is 1.56. The molecule has 3 atom stereocenters. The molecule has 1 fully saturated rings. The van der Waals surface area contributed by atoms with Gasteiger partial charge in [0.25, 0.3) is 20.1 Å². The van der Waals surface area contributed by atoms with Crippen LogP contribution in [0.15, 0.2) is 84.9 Å². The lowest BCUT2D eigenvalue weighted by Crippen LogP contribution is -2.68. The van der Waals surface area contributed by atoms with E-state index in [1.807, 2.05) is 36.4 Å². The van der Waals surface area contributed by atoms with E-state index in [2.05, 4.69) is 50.4 Å². The quantitative estimate of drug-likeness (QED) is 0.372. The lowest BCUT2D eigenvalue weighted by molar-refractivity contribution is 0.0577. The number of carbonyl (C=O) groups excluding carboxylic acids is 2. The van der Waals surface area contributed by atoms with Crippen LogP contribution < -0.4 is 15.7 Å². The van der Waals surface area contributed by atoms with Crippen LogP contribution in [-0.2, 0) is 4.43 Å². The number of imide groups is 1. The Bertz CT molecular complexity index is 1280. The normalized spacial score (nSPS) is 21.4. The second-order valence-electron chi connectivity index (χ2n) is 11.0. The smallest absolute Gasteiger partial charge is 0.404 e. The van der Waals surface area contributed by atoms with Crippen LogP contribution in [0.2, 0.25) is 5.04 Å². The molecule has 1 aliphatic carbocycles. The summed E-state index contributed by atoms with van der Waals surface area (Å²) < 4.78 is 7.25. The third kappa shape index (κ3) is 4.33. The van der Waals surface area contributed by atoms with E-state index in [9.17, 15) is 19.5 Å². The summed E-state index contributed by atoms with van der Waals surface area (Å²) in [5, 5.41) is 14.2. The van der Waals surface area contributed by atoms with Crippen LogP contribution >= 0.6 is 0 Å². The molecule has 0 saturated heterocycles. The molecule has 3 amide bonds. The van der Waals surface area contributed by atoms with Gasteiger partial charge in [-0.2, -0.15) is 0 Å². The summed E-state index contributed by atoms with van der Waals surface area (Å²) in [6, 6.07) is 26.0. The van der Waals surface area contributed by atoms with Gasteiger partial charge in [-0.05, 0) is 40.4 Å². The van der Waals surface area contributed by atoms with E-state index >= 15 is 0 Å². The van der Waals surface area contributed by atoms with Gasteiger partial charge in [0, 0.05) is 6.04 Å². The molecule has 1 heterocycles. The maximum atomic E-state index is 13.3. The summed E-state index contributed by atoms with van der Waals surface area (Å²) in [4.78, 5) is 39.6. The van der Waals surface area contributed by atoms with Crippen molar-refractivity contribution in [3.8, 4) is 0 Å². The fraction of sp³-hybridized carbons (Fsp3) is 0.300. The number of fused-ring (bicyclic) bond motifs is 1. The molecule has 3 aromatic rings. The highest BCUT2D eigenvalue weighted by Crippen LogP contribution is 2.41. The molecule has 2 aliphatic rings. The van der Waals surface area contributed by atoms with Crippen LogP contribution in [0, 0.1) is 0 Å². The molecule has 0 bridgehead atoms. The van der Waals surface area contributed by atoms with Crippen molar-refractivity contribution in [1.29, 1.82) is 0 Å². The molecule has 0 radical (unpaired) electrons. The molecule has 8 heteroatoms. The Morgan fingerprint density at radius 2 is 1.32 bits per heavy atom. The van der Waals surface area contributed by atoms with Gasteiger partial charge in [-0.1, -0.05) is 93.6 Å². The first kappa shape index (κ1) is 25.9. The predicted octanol–water partition coefficient (Wildman–Crippen LogP) is 4.03. The minimum atomic E-state index is -3.00. The van der Waals surface area contributed by atoms with Gasteiger partial charge in [0.15, 0.2) is 0 Å². The molecule has 1 unspecified atom stereocenters. The van der Waals surface area contributed by atoms with Crippen molar-refractivity contribution in [2.24, 2.45) is 0 Å². The Labute approximate surface area is 223 Å². The molecule has 0 aromatic heterocycles. The van der Waals surface area contributed by atoms with Gasteiger partial charge in [-0.3, -0.25) is 14.5 Å². The Hall–Kier alpha value is -3.75. The number of hydrogen-bond donors (Lipinski definition) is 2. The summed E-state index contributed by atoms with van der Waals surface area (Å²) >= 11 is 0. The zero-order valence-corrected chi connectivity index (χ0v) is 22.8. The SMILES string of the molecule is CC(C)(C)[Si](O[C@H]1CC(N2C(=O)c3ccccc3C2=O)C[C@@H]1NC(=O)O)(c1ccccc1)c1ccccc1. The first-order valence-electron chi connectivity index (χ1n) is 12.9. The lowest BCUT2D eigenvalue weighted by atomic mass is 10.1. The minimum absolute atomic E-state index is 0.292. The van der Waals surface area contributed by atoms with E-state index < -0.39 is 32.6 Å². The fourth-order valence-corrected chi connectivity index (χ4v) is 10.8. The Morgan fingerprint density at radius 3 is 1.76 bits per heavy atom. The molecule has 1 saturated carbocycles. The van der Waals surface area contributed by atoms with Crippen molar-refractivity contribution in [1.82, 2.24) is 10.2 Å². The highest BCUT2D eigenvalue weighted by molar-refractivity contribution is 6.99. The third-order valence-electron chi connectivity index (χ3n) is 7.72. The van der Waals surface area contributed by atoms with E-state index in [4.69, 9.17) is 4.43 Å². The van der Waals surface area contributed by atoms with Crippen LogP contribution in [0.3, 0.4) is 0 Å². The van der Waals surface area contributed by atoms with E-state index in [1.54, 1.807) is 24.3 Å². The molecule has 196 valence electrons. The average molecular weight is 529 g/mol. The maximum absolute atomic E-state index is 13.3. The van der Waals surface area contributed by atoms with Gasteiger partial charge < -0.3 is 14.8 Å². The first-order chi connectivity index (χ1) is 18.1. The maximum Gasteiger partial charge on any atom is 0.404 e. The van der Waals surface area contributed by atoms with E-state index in [0.29, 0.717) is 24.0 Å². The number of nitrogens with zero attached hydrogens (tertiary/aromatic N) is 1. The molecule has 0 spiro atoms. The van der Waals surface area contributed by atoms with Crippen LogP contribution in [0.5, 0.6) is 0 Å². The monoisotopic (exact) mass is 528 g/mol. The molecule has 1 aliphatic heterocycles. The van der Waals surface area contributed by atoms with E-state index in [0.717, 1.165) is 10.4 Å². The molecule has 5 rings (SSSR count). The van der Waals surface area contributed by atoms with Crippen LogP contribution in [-0.4, -0.2) is 54.4 Å². The number of carboxylic acid groups (broad SMARTS) is 1. The minimum Gasteiger partial charge on any atom is -0.465 e. The van der Waals surface area contributed by atoms with E-state index in [-0.39, 0.29) is 16.9 Å². The molecular weight excluding hydrogens is 496 g/mol. The average Bonchev–Trinajstić information content (AvgIpc) is 3.39. The standard InChI is InChI=1S/C30H32N2O5Si/c1-30(2,3)38(21-12-6-4-7-13-21,22-14-8-5-9-15-22)37-26-19-20(18-25(26)31-29(35)36)32-27(33)23-16-10-11-17-24(23)28(32)34/h4-17,20,25-26,31H,18-19H2,1-3H3,(H,35,36)/t20?,25-,26-/m0/s1. The third-order valence-corrected chi connectivity index (χ3v) is 12.8. The van der Waals surface area contributed by atoms with Gasteiger partial charge in [0.1, 0.15) is 0 Å². The number of carbonyl (C=O) groups is 3. The molecule has 38 heavy (non-hydrogen) atoms. The molecular formula is C30H32N2O5Si. The summed E-state index contributed by atoms with van der Waals surface area (Å²) in [6.07, 6.45) is -1.05. The van der Waals surface area contributed by atoms with Crippen LogP contribution in [0.25, 0.3) is 0 Å². The largest absolute Gasteiger partial charge is 0.465 e. The van der Waals surface area contributed by atoms with Crippen LogP contribution in [0.4, 0.5) is 4.79 Å². The fourth-order valence-electron chi connectivity index (χ4n) is 6.08. The summed E-state index contributed by atoms with van der Waals surface area (Å²) in [5.41, 5.74) is 0.771. The molecule has 2 N–H and O–H groups in total. The first-order valence-corrected chi connectivity index (χ1v) is 14.8. The summed E-state index contributed by atoms with van der Waals surface area (Å²) in [7, 11) is -3.00. The second kappa shape index (κ2) is 9.85. The van der Waals surface area contributed by atoms with Gasteiger partial charge in [0.05, 0.1) is 23.3 Å². The van der Waals surface area contributed by atoms with Crippen LogP contribution in [0.1, 0.15) is 54.3 Å². The van der Waals surface area contributed by atoms with Crippen molar-refractivity contribution in [2.75, 3.05) is 0 Å². The van der Waals surface area contributed by atoms with Crippen molar-refractivity contribution >= 4 is 36.6 Å². The van der Waals surface area contributed by atoms with E-state index in [1.165, 1.54) is 4.90 Å². The van der Waals surface area contributed by atoms with Gasteiger partial charge >= 0.3 is 6.09 Å². The predicted molar refractivity (Wildman–Crippen MR) is 147 cm³/mol. The zero-order valence-electron chi connectivity index (χ0n) is 21.8. The van der Waals surface area contributed by atoms with Gasteiger partial charge in [-0.25, -0.2) is 4.79 Å². The summed E-state index contributed by atoms with van der Waals surface area (Å²) in [5.74, 6) is -0.674. The number of rotatable bonds is 6. The number of nitrogens with one attached hydrogen (secondary N) is 1. The van der Waals surface area contributed by atoms with Gasteiger partial charge in [-0.15, -0.1) is 0 Å². The van der Waals surface area contributed by atoms with Crippen molar-refractivity contribution in [2.45, 2.75) is 56.8 Å². The number of benzene rings is 3. The number of amides is 3. The Morgan fingerprint density at radius 1 is 0.842 bits per heavy atom. The second-order valence-corrected chi connectivity index (χ2v) is 15.3. The Kier molecular flexibility index (Phi) is 6.71. The topological polar surface area (TPSA) is 95.9 Å². The number of hydrogen-bond acceptors (Lipinski definition) is 4.